The second-order valence-electron chi connectivity index (χ2n) is 5.71. The van der Waals surface area contributed by atoms with Crippen molar-refractivity contribution >= 4 is 0 Å². The summed E-state index contributed by atoms with van der Waals surface area (Å²) < 4.78 is 11.3. The Balaban J connectivity index is 2.06. The SMILES string of the molecule is CCC(C)(CO)C1(O)CCC2(CC1)OCCO2. The first-order valence-electron chi connectivity index (χ1n) is 6.60. The number of rotatable bonds is 3. The summed E-state index contributed by atoms with van der Waals surface area (Å²) in [5.74, 6) is -0.448. The molecule has 2 aliphatic rings. The molecule has 2 N–H and O–H groups in total. The predicted molar refractivity (Wildman–Crippen MR) is 63.5 cm³/mol. The summed E-state index contributed by atoms with van der Waals surface area (Å²) in [6.07, 6.45) is 3.49. The minimum Gasteiger partial charge on any atom is -0.396 e. The molecule has 1 unspecified atom stereocenters. The smallest absolute Gasteiger partial charge is 0.168 e. The zero-order valence-corrected chi connectivity index (χ0v) is 10.9. The van der Waals surface area contributed by atoms with Gasteiger partial charge in [0.25, 0.3) is 0 Å². The number of aliphatic hydroxyl groups is 2. The van der Waals surface area contributed by atoms with Crippen LogP contribution in [0.1, 0.15) is 46.0 Å². The lowest BCUT2D eigenvalue weighted by molar-refractivity contribution is -0.225. The molecule has 0 aromatic heterocycles. The van der Waals surface area contributed by atoms with Gasteiger partial charge in [-0.15, -0.1) is 0 Å². The Morgan fingerprint density at radius 3 is 2.06 bits per heavy atom. The lowest BCUT2D eigenvalue weighted by Crippen LogP contribution is -2.54. The minimum atomic E-state index is -0.795. The van der Waals surface area contributed by atoms with Crippen molar-refractivity contribution < 1.29 is 19.7 Å². The Bertz CT molecular complexity index is 257. The molecule has 0 aromatic rings. The molecule has 1 saturated heterocycles. The number of aliphatic hydroxyl groups excluding tert-OH is 1. The molecule has 0 bridgehead atoms. The van der Waals surface area contributed by atoms with Crippen LogP contribution in [0.2, 0.25) is 0 Å². The topological polar surface area (TPSA) is 58.9 Å². The number of hydrogen-bond acceptors (Lipinski definition) is 4. The van der Waals surface area contributed by atoms with Crippen molar-refractivity contribution in [3.63, 3.8) is 0 Å². The number of hydrogen-bond donors (Lipinski definition) is 2. The minimum absolute atomic E-state index is 0.0225. The van der Waals surface area contributed by atoms with Crippen LogP contribution in [0.4, 0.5) is 0 Å². The van der Waals surface area contributed by atoms with Crippen molar-refractivity contribution in [3.05, 3.63) is 0 Å². The summed E-state index contributed by atoms with van der Waals surface area (Å²) in [6, 6.07) is 0. The molecular formula is C13H24O4. The van der Waals surface area contributed by atoms with Gasteiger partial charge in [0.2, 0.25) is 0 Å². The number of ether oxygens (including phenoxy) is 2. The molecule has 1 atom stereocenters. The van der Waals surface area contributed by atoms with Gasteiger partial charge in [-0.2, -0.15) is 0 Å². The first-order valence-corrected chi connectivity index (χ1v) is 6.60. The van der Waals surface area contributed by atoms with Gasteiger partial charge in [-0.25, -0.2) is 0 Å². The molecule has 2 rings (SSSR count). The van der Waals surface area contributed by atoms with Gasteiger partial charge in [-0.1, -0.05) is 13.8 Å². The highest BCUT2D eigenvalue weighted by molar-refractivity contribution is 5.00. The molecule has 2 fully saturated rings. The highest BCUT2D eigenvalue weighted by Gasteiger charge is 2.52. The molecular weight excluding hydrogens is 220 g/mol. The van der Waals surface area contributed by atoms with E-state index in [1.165, 1.54) is 0 Å². The van der Waals surface area contributed by atoms with Crippen molar-refractivity contribution in [1.82, 2.24) is 0 Å². The van der Waals surface area contributed by atoms with Gasteiger partial charge in [0.15, 0.2) is 5.79 Å². The summed E-state index contributed by atoms with van der Waals surface area (Å²) in [4.78, 5) is 0. The summed E-state index contributed by atoms with van der Waals surface area (Å²) >= 11 is 0. The maximum atomic E-state index is 10.8. The second-order valence-corrected chi connectivity index (χ2v) is 5.71. The molecule has 4 nitrogen and oxygen atoms in total. The van der Waals surface area contributed by atoms with Crippen molar-refractivity contribution in [1.29, 1.82) is 0 Å². The molecule has 1 saturated carbocycles. The summed E-state index contributed by atoms with van der Waals surface area (Å²) in [5.41, 5.74) is -1.22. The Morgan fingerprint density at radius 2 is 1.65 bits per heavy atom. The Labute approximate surface area is 103 Å². The van der Waals surface area contributed by atoms with Crippen LogP contribution >= 0.6 is 0 Å². The molecule has 1 aliphatic heterocycles. The Hall–Kier alpha value is -0.160. The maximum absolute atomic E-state index is 10.8. The van der Waals surface area contributed by atoms with E-state index >= 15 is 0 Å². The molecule has 1 spiro atoms. The van der Waals surface area contributed by atoms with Crippen molar-refractivity contribution in [3.8, 4) is 0 Å². The normalized spacial score (nSPS) is 30.4. The standard InChI is InChI=1S/C13H24O4/c1-3-11(2,10-14)12(15)4-6-13(7-5-12)16-8-9-17-13/h14-15H,3-10H2,1-2H3. The van der Waals surface area contributed by atoms with Gasteiger partial charge in [0.05, 0.1) is 25.4 Å². The van der Waals surface area contributed by atoms with Crippen LogP contribution in [0.5, 0.6) is 0 Å². The molecule has 17 heavy (non-hydrogen) atoms. The van der Waals surface area contributed by atoms with Gasteiger partial charge < -0.3 is 19.7 Å². The second kappa shape index (κ2) is 4.50. The third-order valence-corrected chi connectivity index (χ3v) is 4.91. The summed E-state index contributed by atoms with van der Waals surface area (Å²) in [6.45, 7) is 5.31. The fourth-order valence-corrected chi connectivity index (χ4v) is 3.02. The average molecular weight is 244 g/mol. The molecule has 1 heterocycles. The van der Waals surface area contributed by atoms with Gasteiger partial charge in [0, 0.05) is 18.3 Å². The molecule has 0 aromatic carbocycles. The van der Waals surface area contributed by atoms with Crippen molar-refractivity contribution in [2.45, 2.75) is 57.3 Å². The van der Waals surface area contributed by atoms with E-state index in [1.54, 1.807) is 0 Å². The van der Waals surface area contributed by atoms with Gasteiger partial charge in [0.1, 0.15) is 0 Å². The third kappa shape index (κ3) is 2.12. The predicted octanol–water partition coefficient (Wildman–Crippen LogP) is 1.44. The zero-order chi connectivity index (χ0) is 12.6. The highest BCUT2D eigenvalue weighted by Crippen LogP contribution is 2.48. The average Bonchev–Trinajstić information content (AvgIpc) is 2.81. The Kier molecular flexibility index (Phi) is 3.51. The fourth-order valence-electron chi connectivity index (χ4n) is 3.02. The van der Waals surface area contributed by atoms with E-state index in [2.05, 4.69) is 0 Å². The van der Waals surface area contributed by atoms with Crippen LogP contribution in [0.3, 0.4) is 0 Å². The molecule has 0 amide bonds. The fraction of sp³-hybridized carbons (Fsp3) is 1.00. The summed E-state index contributed by atoms with van der Waals surface area (Å²) in [7, 11) is 0. The van der Waals surface area contributed by atoms with Crippen LogP contribution < -0.4 is 0 Å². The first-order chi connectivity index (χ1) is 7.99. The van der Waals surface area contributed by atoms with E-state index in [0.717, 1.165) is 19.3 Å². The summed E-state index contributed by atoms with van der Waals surface area (Å²) in [5, 5.41) is 20.3. The largest absolute Gasteiger partial charge is 0.396 e. The van der Waals surface area contributed by atoms with Gasteiger partial charge in [-0.3, -0.25) is 0 Å². The van der Waals surface area contributed by atoms with Gasteiger partial charge in [-0.05, 0) is 19.3 Å². The lowest BCUT2D eigenvalue weighted by Gasteiger charge is -2.49. The molecule has 0 radical (unpaired) electrons. The van der Waals surface area contributed by atoms with E-state index in [-0.39, 0.29) is 6.61 Å². The molecule has 1 aliphatic carbocycles. The van der Waals surface area contributed by atoms with E-state index in [4.69, 9.17) is 9.47 Å². The quantitative estimate of drug-likeness (QED) is 0.789. The molecule has 4 heteroatoms. The van der Waals surface area contributed by atoms with E-state index in [1.807, 2.05) is 13.8 Å². The first kappa shape index (κ1) is 13.3. The van der Waals surface area contributed by atoms with Crippen molar-refractivity contribution in [2.75, 3.05) is 19.8 Å². The van der Waals surface area contributed by atoms with Crippen molar-refractivity contribution in [2.24, 2.45) is 5.41 Å². The Morgan fingerprint density at radius 1 is 1.12 bits per heavy atom. The van der Waals surface area contributed by atoms with Gasteiger partial charge >= 0.3 is 0 Å². The molecule has 100 valence electrons. The van der Waals surface area contributed by atoms with Crippen LogP contribution in [-0.4, -0.2) is 41.4 Å². The van der Waals surface area contributed by atoms with Crippen LogP contribution in [0.15, 0.2) is 0 Å². The van der Waals surface area contributed by atoms with E-state index in [0.29, 0.717) is 26.1 Å². The highest BCUT2D eigenvalue weighted by atomic mass is 16.7. The van der Waals surface area contributed by atoms with Crippen LogP contribution in [0, 0.1) is 5.41 Å². The van der Waals surface area contributed by atoms with E-state index in [9.17, 15) is 10.2 Å². The monoisotopic (exact) mass is 244 g/mol. The van der Waals surface area contributed by atoms with Crippen LogP contribution in [0.25, 0.3) is 0 Å². The lowest BCUT2D eigenvalue weighted by atomic mass is 9.64. The zero-order valence-electron chi connectivity index (χ0n) is 10.9. The van der Waals surface area contributed by atoms with E-state index < -0.39 is 16.8 Å². The third-order valence-electron chi connectivity index (χ3n) is 4.91. The maximum Gasteiger partial charge on any atom is 0.168 e. The van der Waals surface area contributed by atoms with Crippen LogP contribution in [-0.2, 0) is 9.47 Å².